The largest absolute Gasteiger partial charge is 0.481 e. The summed E-state index contributed by atoms with van der Waals surface area (Å²) in [6.45, 7) is 4.37. The van der Waals surface area contributed by atoms with Crippen LogP contribution in [0.2, 0.25) is 0 Å². The topological polar surface area (TPSA) is 117 Å². The highest BCUT2D eigenvalue weighted by Gasteiger charge is 2.17. The molecule has 4 aromatic rings. The van der Waals surface area contributed by atoms with Gasteiger partial charge in [-0.1, -0.05) is 44.2 Å². The van der Waals surface area contributed by atoms with Gasteiger partial charge in [0, 0.05) is 28.9 Å². The predicted molar refractivity (Wildman–Crippen MR) is 137 cm³/mol. The van der Waals surface area contributed by atoms with Crippen molar-refractivity contribution in [2.75, 3.05) is 11.9 Å². The second-order valence-electron chi connectivity index (χ2n) is 8.74. The first-order valence-corrected chi connectivity index (χ1v) is 11.8. The summed E-state index contributed by atoms with van der Waals surface area (Å²) < 4.78 is 5.87. The number of nitrogens with zero attached hydrogens (tertiary/aromatic N) is 2. The highest BCUT2D eigenvalue weighted by atomic mass is 16.4. The third-order valence-corrected chi connectivity index (χ3v) is 5.72. The van der Waals surface area contributed by atoms with E-state index in [1.165, 1.54) is 0 Å². The number of carboxylic acids is 1. The van der Waals surface area contributed by atoms with Crippen LogP contribution in [0, 0.1) is 5.92 Å². The Morgan fingerprint density at radius 3 is 2.06 bits per heavy atom. The van der Waals surface area contributed by atoms with Gasteiger partial charge in [-0.25, -0.2) is 0 Å². The number of rotatable bonds is 10. The molecule has 1 atom stereocenters. The molecule has 184 valence electrons. The lowest BCUT2D eigenvalue weighted by Gasteiger charge is -2.24. The normalized spacial score (nSPS) is 11.8. The molecule has 8 heteroatoms. The van der Waals surface area contributed by atoms with Gasteiger partial charge in [-0.2, -0.15) is 0 Å². The van der Waals surface area contributed by atoms with Crippen molar-refractivity contribution in [2.45, 2.75) is 26.3 Å². The van der Waals surface area contributed by atoms with Crippen molar-refractivity contribution < 1.29 is 19.1 Å². The van der Waals surface area contributed by atoms with E-state index in [0.717, 1.165) is 22.4 Å². The number of amides is 1. The highest BCUT2D eigenvalue weighted by Crippen LogP contribution is 2.29. The minimum absolute atomic E-state index is 0.0388. The first-order chi connectivity index (χ1) is 17.4. The molecule has 3 aromatic carbocycles. The fraction of sp³-hybridized carbons (Fsp3) is 0.214. The number of carbonyl (C=O) groups excluding carboxylic acids is 1. The number of carboxylic acid groups (broad SMARTS) is 1. The van der Waals surface area contributed by atoms with Crippen LogP contribution in [0.15, 0.2) is 83.3 Å². The van der Waals surface area contributed by atoms with Crippen molar-refractivity contribution in [2.24, 2.45) is 5.92 Å². The average molecular weight is 485 g/mol. The van der Waals surface area contributed by atoms with Crippen molar-refractivity contribution in [1.82, 2.24) is 15.5 Å². The predicted octanol–water partition coefficient (Wildman–Crippen LogP) is 5.42. The molecule has 1 amide bonds. The van der Waals surface area contributed by atoms with Gasteiger partial charge in [-0.3, -0.25) is 9.59 Å². The molecule has 0 bridgehead atoms. The van der Waals surface area contributed by atoms with Gasteiger partial charge in [0.15, 0.2) is 0 Å². The van der Waals surface area contributed by atoms with E-state index in [9.17, 15) is 9.59 Å². The van der Waals surface area contributed by atoms with Crippen LogP contribution in [-0.2, 0) is 4.79 Å². The molecule has 36 heavy (non-hydrogen) atoms. The summed E-state index contributed by atoms with van der Waals surface area (Å²) in [7, 11) is 0. The van der Waals surface area contributed by atoms with E-state index in [1.807, 2.05) is 66.7 Å². The van der Waals surface area contributed by atoms with E-state index in [4.69, 9.17) is 9.52 Å². The molecule has 1 heterocycles. The summed E-state index contributed by atoms with van der Waals surface area (Å²) in [5, 5.41) is 23.2. The monoisotopic (exact) mass is 484 g/mol. The minimum Gasteiger partial charge on any atom is -0.481 e. The zero-order chi connectivity index (χ0) is 25.5. The number of aromatic nitrogens is 2. The maximum absolute atomic E-state index is 12.2. The molecule has 0 saturated carbocycles. The number of nitrogens with one attached hydrogen (secondary N) is 2. The van der Waals surface area contributed by atoms with E-state index in [-0.39, 0.29) is 24.9 Å². The third kappa shape index (κ3) is 6.15. The first kappa shape index (κ1) is 24.7. The van der Waals surface area contributed by atoms with Gasteiger partial charge < -0.3 is 20.2 Å². The summed E-state index contributed by atoms with van der Waals surface area (Å²) in [5.74, 6) is -0.00287. The summed E-state index contributed by atoms with van der Waals surface area (Å²) in [6.07, 6.45) is -0.110. The Morgan fingerprint density at radius 1 is 0.861 bits per heavy atom. The average Bonchev–Trinajstić information content (AvgIpc) is 3.38. The summed E-state index contributed by atoms with van der Waals surface area (Å²) in [6, 6.07) is 24.9. The molecule has 0 radical (unpaired) electrons. The van der Waals surface area contributed by atoms with Gasteiger partial charge >= 0.3 is 5.97 Å². The lowest BCUT2D eigenvalue weighted by atomic mass is 9.94. The fourth-order valence-electron chi connectivity index (χ4n) is 3.79. The Balaban J connectivity index is 1.43. The van der Waals surface area contributed by atoms with Crippen LogP contribution in [0.25, 0.3) is 22.9 Å². The zero-order valence-corrected chi connectivity index (χ0v) is 20.1. The van der Waals surface area contributed by atoms with Crippen molar-refractivity contribution in [3.8, 4) is 22.9 Å². The van der Waals surface area contributed by atoms with Crippen LogP contribution >= 0.6 is 0 Å². The maximum atomic E-state index is 12.2. The molecule has 0 saturated heterocycles. The molecule has 0 aliphatic carbocycles. The molecular formula is C28H28N4O4. The van der Waals surface area contributed by atoms with Crippen LogP contribution in [0.3, 0.4) is 0 Å². The summed E-state index contributed by atoms with van der Waals surface area (Å²) in [4.78, 5) is 22.8. The zero-order valence-electron chi connectivity index (χ0n) is 20.1. The molecule has 0 fully saturated rings. The highest BCUT2D eigenvalue weighted by molar-refractivity contribution is 5.94. The van der Waals surface area contributed by atoms with E-state index < -0.39 is 5.97 Å². The number of anilines is 1. The van der Waals surface area contributed by atoms with Crippen molar-refractivity contribution >= 4 is 17.6 Å². The van der Waals surface area contributed by atoms with Gasteiger partial charge in [0.05, 0.1) is 12.5 Å². The molecule has 0 spiro atoms. The summed E-state index contributed by atoms with van der Waals surface area (Å²) in [5.41, 5.74) is 4.18. The Morgan fingerprint density at radius 2 is 1.47 bits per heavy atom. The van der Waals surface area contributed by atoms with Crippen LogP contribution in [-0.4, -0.2) is 33.7 Å². The molecule has 0 aliphatic rings. The second kappa shape index (κ2) is 11.3. The molecule has 3 N–H and O–H groups in total. The van der Waals surface area contributed by atoms with Crippen LogP contribution in [0.1, 0.15) is 42.2 Å². The van der Waals surface area contributed by atoms with Gasteiger partial charge in [-0.15, -0.1) is 10.2 Å². The van der Waals surface area contributed by atoms with Gasteiger partial charge in [-0.05, 0) is 60.0 Å². The van der Waals surface area contributed by atoms with Crippen LogP contribution in [0.5, 0.6) is 0 Å². The minimum atomic E-state index is -0.948. The van der Waals surface area contributed by atoms with Crippen molar-refractivity contribution in [3.63, 3.8) is 0 Å². The van der Waals surface area contributed by atoms with Gasteiger partial charge in [0.2, 0.25) is 11.8 Å². The van der Waals surface area contributed by atoms with E-state index in [2.05, 4.69) is 34.7 Å². The van der Waals surface area contributed by atoms with Crippen LogP contribution in [0.4, 0.5) is 5.69 Å². The third-order valence-electron chi connectivity index (χ3n) is 5.72. The molecule has 8 nitrogen and oxygen atoms in total. The number of aliphatic carboxylic acids is 1. The van der Waals surface area contributed by atoms with Gasteiger partial charge in [0.25, 0.3) is 5.91 Å². The van der Waals surface area contributed by atoms with E-state index in [0.29, 0.717) is 23.3 Å². The Hall–Kier alpha value is -4.46. The molecule has 4 rings (SSSR count). The lowest BCUT2D eigenvalue weighted by Crippen LogP contribution is -2.26. The number of hydrogen-bond acceptors (Lipinski definition) is 6. The van der Waals surface area contributed by atoms with E-state index >= 15 is 0 Å². The maximum Gasteiger partial charge on any atom is 0.305 e. The number of carbonyl (C=O) groups is 2. The first-order valence-electron chi connectivity index (χ1n) is 11.8. The quantitative estimate of drug-likeness (QED) is 0.275. The van der Waals surface area contributed by atoms with Crippen LogP contribution < -0.4 is 10.6 Å². The number of hydrogen-bond donors (Lipinski definition) is 3. The Kier molecular flexibility index (Phi) is 7.75. The SMILES string of the molecule is CC(C)[C@@H](Nc1ccc(C(=O)NCCC(=O)O)cc1)c1ccc(-c2nnc(-c3ccccc3)o2)cc1. The standard InChI is InChI=1S/C28H28N4O4/c1-18(2)25(30-23-14-12-20(13-15-23)26(35)29-17-16-24(33)34)19-8-10-22(11-9-19)28-32-31-27(36-28)21-6-4-3-5-7-21/h3-15,18,25,30H,16-17H2,1-2H3,(H,29,35)(H,33,34)/t25-/m1/s1. The Labute approximate surface area is 209 Å². The number of benzene rings is 3. The van der Waals surface area contributed by atoms with Crippen molar-refractivity contribution in [3.05, 3.63) is 90.0 Å². The molecule has 0 aliphatic heterocycles. The fourth-order valence-corrected chi connectivity index (χ4v) is 3.79. The summed E-state index contributed by atoms with van der Waals surface area (Å²) >= 11 is 0. The second-order valence-corrected chi connectivity index (χ2v) is 8.74. The molecule has 0 unspecified atom stereocenters. The smallest absolute Gasteiger partial charge is 0.305 e. The van der Waals surface area contributed by atoms with Crippen molar-refractivity contribution in [1.29, 1.82) is 0 Å². The Bertz CT molecular complexity index is 1300. The van der Waals surface area contributed by atoms with Gasteiger partial charge in [0.1, 0.15) is 0 Å². The molecular weight excluding hydrogens is 456 g/mol. The molecule has 1 aromatic heterocycles. The lowest BCUT2D eigenvalue weighted by molar-refractivity contribution is -0.136. The van der Waals surface area contributed by atoms with E-state index in [1.54, 1.807) is 12.1 Å².